The fourth-order valence-corrected chi connectivity index (χ4v) is 4.27. The second-order valence-corrected chi connectivity index (χ2v) is 8.09. The van der Waals surface area contributed by atoms with Crippen LogP contribution in [0.2, 0.25) is 0 Å². The highest BCUT2D eigenvalue weighted by Crippen LogP contribution is 2.36. The van der Waals surface area contributed by atoms with Crippen LogP contribution in [0.4, 0.5) is 22.0 Å². The number of alkyl halides is 5. The summed E-state index contributed by atoms with van der Waals surface area (Å²) in [5, 5.41) is 7.70. The molecule has 3 heterocycles. The summed E-state index contributed by atoms with van der Waals surface area (Å²) in [5.74, 6) is -0.450. The summed E-state index contributed by atoms with van der Waals surface area (Å²) in [6, 6.07) is 3.43. The predicted octanol–water partition coefficient (Wildman–Crippen LogP) is 5.65. The normalized spacial score (nSPS) is 15.4. The maximum absolute atomic E-state index is 13.6. The topological polar surface area (TPSA) is 73.8 Å². The number of rotatable bonds is 5. The van der Waals surface area contributed by atoms with Crippen LogP contribution in [0.1, 0.15) is 72.5 Å². The molecule has 0 radical (unpaired) electrons. The van der Waals surface area contributed by atoms with E-state index in [4.69, 9.17) is 4.52 Å². The van der Waals surface area contributed by atoms with Gasteiger partial charge in [0.25, 0.3) is 12.0 Å². The Balaban J connectivity index is 1.87. The van der Waals surface area contributed by atoms with Crippen LogP contribution < -0.4 is 5.56 Å². The molecule has 0 bridgehead atoms. The van der Waals surface area contributed by atoms with Gasteiger partial charge in [0.05, 0.1) is 29.1 Å². The third-order valence-corrected chi connectivity index (χ3v) is 5.90. The van der Waals surface area contributed by atoms with Gasteiger partial charge in [-0.1, -0.05) is 24.4 Å². The number of aromatic nitrogens is 4. The molecule has 0 N–H and O–H groups in total. The van der Waals surface area contributed by atoms with E-state index in [2.05, 4.69) is 15.2 Å². The molecule has 0 unspecified atom stereocenters. The summed E-state index contributed by atoms with van der Waals surface area (Å²) >= 11 is 0. The Labute approximate surface area is 185 Å². The fraction of sp³-hybridized carbons (Fsp3) is 0.455. The quantitative estimate of drug-likeness (QED) is 0.452. The summed E-state index contributed by atoms with van der Waals surface area (Å²) in [6.07, 6.45) is -2.16. The van der Waals surface area contributed by atoms with E-state index in [-0.39, 0.29) is 23.1 Å². The molecule has 0 saturated heterocycles. The van der Waals surface area contributed by atoms with Gasteiger partial charge < -0.3 is 4.52 Å². The Morgan fingerprint density at radius 2 is 1.94 bits per heavy atom. The first-order valence-electron chi connectivity index (χ1n) is 10.5. The largest absolute Gasteiger partial charge is 0.418 e. The van der Waals surface area contributed by atoms with E-state index >= 15 is 0 Å². The standard InChI is InChI=1S/C22H21F5N4O2/c1-12-18(20(23)24)19(33-30-12)16-10-14(13-6-3-2-4-7-13)21(32)31(29-16)11-17-15(22(25,26)27)8-5-9-28-17/h5,8-10,13,20H,2-4,6-7,11H2,1H3. The lowest BCUT2D eigenvalue weighted by atomic mass is 9.84. The second-order valence-electron chi connectivity index (χ2n) is 8.09. The molecule has 0 atom stereocenters. The molecule has 0 aromatic carbocycles. The summed E-state index contributed by atoms with van der Waals surface area (Å²) in [5.41, 5.74) is -2.20. The van der Waals surface area contributed by atoms with E-state index in [1.165, 1.54) is 19.2 Å². The average Bonchev–Trinajstić information content (AvgIpc) is 3.17. The number of nitrogens with zero attached hydrogens (tertiary/aromatic N) is 4. The van der Waals surface area contributed by atoms with Gasteiger partial charge in [-0.15, -0.1) is 0 Å². The van der Waals surface area contributed by atoms with Crippen molar-refractivity contribution in [1.82, 2.24) is 19.9 Å². The van der Waals surface area contributed by atoms with Gasteiger partial charge in [-0.3, -0.25) is 9.78 Å². The van der Waals surface area contributed by atoms with Gasteiger partial charge in [0, 0.05) is 11.8 Å². The predicted molar refractivity (Wildman–Crippen MR) is 108 cm³/mol. The smallest absolute Gasteiger partial charge is 0.354 e. The number of hydrogen-bond donors (Lipinski definition) is 0. The van der Waals surface area contributed by atoms with Crippen LogP contribution >= 0.6 is 0 Å². The minimum Gasteiger partial charge on any atom is -0.354 e. The molecule has 1 fully saturated rings. The molecule has 4 rings (SSSR count). The summed E-state index contributed by atoms with van der Waals surface area (Å²) in [7, 11) is 0. The van der Waals surface area contributed by atoms with Crippen molar-refractivity contribution in [2.24, 2.45) is 0 Å². The first-order chi connectivity index (χ1) is 15.7. The van der Waals surface area contributed by atoms with Crippen LogP contribution in [0, 0.1) is 6.92 Å². The molecule has 33 heavy (non-hydrogen) atoms. The highest BCUT2D eigenvalue weighted by Gasteiger charge is 2.34. The van der Waals surface area contributed by atoms with Gasteiger partial charge in [-0.05, 0) is 43.9 Å². The first-order valence-corrected chi connectivity index (χ1v) is 10.5. The van der Waals surface area contributed by atoms with Crippen molar-refractivity contribution in [3.05, 3.63) is 62.8 Å². The van der Waals surface area contributed by atoms with Crippen molar-refractivity contribution < 1.29 is 26.5 Å². The van der Waals surface area contributed by atoms with Gasteiger partial charge in [0.15, 0.2) is 5.76 Å². The lowest BCUT2D eigenvalue weighted by Crippen LogP contribution is -2.30. The van der Waals surface area contributed by atoms with Crippen molar-refractivity contribution in [2.75, 3.05) is 0 Å². The molecule has 0 aliphatic heterocycles. The minimum absolute atomic E-state index is 0.0251. The Bertz CT molecular complexity index is 1200. The fourth-order valence-electron chi connectivity index (χ4n) is 4.27. The monoisotopic (exact) mass is 468 g/mol. The van der Waals surface area contributed by atoms with Gasteiger partial charge >= 0.3 is 6.18 Å². The van der Waals surface area contributed by atoms with E-state index in [1.807, 2.05) is 0 Å². The number of hydrogen-bond acceptors (Lipinski definition) is 5. The molecule has 1 aliphatic rings. The van der Waals surface area contributed by atoms with E-state index in [1.54, 1.807) is 0 Å². The van der Waals surface area contributed by atoms with Gasteiger partial charge in [0.1, 0.15) is 5.69 Å². The third-order valence-electron chi connectivity index (χ3n) is 5.90. The van der Waals surface area contributed by atoms with E-state index in [0.717, 1.165) is 36.1 Å². The van der Waals surface area contributed by atoms with Crippen LogP contribution in [0.15, 0.2) is 33.7 Å². The van der Waals surface area contributed by atoms with Gasteiger partial charge in [-0.2, -0.15) is 18.3 Å². The molecule has 3 aromatic rings. The molecule has 11 heteroatoms. The Morgan fingerprint density at radius 3 is 2.61 bits per heavy atom. The average molecular weight is 468 g/mol. The van der Waals surface area contributed by atoms with Crippen molar-refractivity contribution in [2.45, 2.75) is 64.1 Å². The molecular formula is C22H21F5N4O2. The molecule has 6 nitrogen and oxygen atoms in total. The third kappa shape index (κ3) is 4.67. The molecule has 1 saturated carbocycles. The van der Waals surface area contributed by atoms with Crippen molar-refractivity contribution in [3.63, 3.8) is 0 Å². The summed E-state index contributed by atoms with van der Waals surface area (Å²) in [6.45, 7) is 0.787. The lowest BCUT2D eigenvalue weighted by molar-refractivity contribution is -0.138. The maximum atomic E-state index is 13.6. The van der Waals surface area contributed by atoms with Crippen molar-refractivity contribution in [1.29, 1.82) is 0 Å². The zero-order chi connectivity index (χ0) is 23.8. The van der Waals surface area contributed by atoms with Crippen LogP contribution in [0.3, 0.4) is 0 Å². The van der Waals surface area contributed by atoms with E-state index in [0.29, 0.717) is 18.4 Å². The number of pyridine rings is 1. The molecular weight excluding hydrogens is 447 g/mol. The minimum atomic E-state index is -4.68. The Hall–Kier alpha value is -3.11. The molecule has 3 aromatic heterocycles. The molecule has 1 aliphatic carbocycles. The Morgan fingerprint density at radius 1 is 1.21 bits per heavy atom. The molecule has 0 amide bonds. The SMILES string of the molecule is Cc1noc(-c2cc(C3CCCCC3)c(=O)n(Cc3ncccc3C(F)(F)F)n2)c1C(F)F. The van der Waals surface area contributed by atoms with Gasteiger partial charge in [0.2, 0.25) is 0 Å². The molecule has 0 spiro atoms. The van der Waals surface area contributed by atoms with Crippen LogP contribution in [-0.4, -0.2) is 19.9 Å². The first kappa shape index (κ1) is 23.1. The van der Waals surface area contributed by atoms with E-state index in [9.17, 15) is 26.7 Å². The second kappa shape index (κ2) is 9.03. The Kier molecular flexibility index (Phi) is 6.31. The van der Waals surface area contributed by atoms with Crippen molar-refractivity contribution in [3.8, 4) is 11.5 Å². The van der Waals surface area contributed by atoms with Crippen LogP contribution in [0.5, 0.6) is 0 Å². The summed E-state index contributed by atoms with van der Waals surface area (Å²) in [4.78, 5) is 17.0. The highest BCUT2D eigenvalue weighted by atomic mass is 19.4. The highest BCUT2D eigenvalue weighted by molar-refractivity contribution is 5.58. The lowest BCUT2D eigenvalue weighted by Gasteiger charge is -2.22. The van der Waals surface area contributed by atoms with Gasteiger partial charge in [-0.25, -0.2) is 13.5 Å². The maximum Gasteiger partial charge on any atom is 0.418 e. The zero-order valence-electron chi connectivity index (χ0n) is 17.7. The van der Waals surface area contributed by atoms with Crippen LogP contribution in [0.25, 0.3) is 11.5 Å². The molecule has 176 valence electrons. The zero-order valence-corrected chi connectivity index (χ0v) is 17.7. The van der Waals surface area contributed by atoms with Crippen LogP contribution in [-0.2, 0) is 12.7 Å². The number of halogens is 5. The van der Waals surface area contributed by atoms with E-state index < -0.39 is 41.5 Å². The summed E-state index contributed by atoms with van der Waals surface area (Å²) < 4.78 is 73.6. The number of aryl methyl sites for hydroxylation is 1. The van der Waals surface area contributed by atoms with Crippen molar-refractivity contribution >= 4 is 0 Å².